The molecule has 1 heterocycles. The van der Waals surface area contributed by atoms with Gasteiger partial charge < -0.3 is 9.67 Å². The molecule has 1 aliphatic carbocycles. The number of rotatable bonds is 2. The minimum absolute atomic E-state index is 0.0159. The number of fused-ring (bicyclic) bond motifs is 1. The molecule has 1 aliphatic rings. The van der Waals surface area contributed by atoms with Crippen molar-refractivity contribution in [3.8, 4) is 17.8 Å². The Kier molecular flexibility index (Phi) is 4.68. The first-order valence-corrected chi connectivity index (χ1v) is 9.39. The first-order valence-electron chi connectivity index (χ1n) is 7.91. The van der Waals surface area contributed by atoms with Crippen LogP contribution in [0.1, 0.15) is 34.9 Å². The molecule has 2 aromatic rings. The second kappa shape index (κ2) is 6.54. The lowest BCUT2D eigenvalue weighted by Crippen LogP contribution is -2.34. The maximum Gasteiger partial charge on any atom is 0.501 e. The molecule has 0 amide bonds. The number of aromatic nitrogens is 1. The molecule has 0 aliphatic heterocycles. The van der Waals surface area contributed by atoms with Gasteiger partial charge in [0.1, 0.15) is 23.1 Å². The number of sulfone groups is 1. The standard InChI is InChI=1S/C17H10F5N3O3S/c18-16(19)4-3-12-14(15(16)26)13(29(27,28)17(20,21)22)8-25(12)11-2-1-9(6-23)10(5-11)7-24/h1-2,5,8,15,26H,3-4H2. The zero-order valence-electron chi connectivity index (χ0n) is 14.2. The smallest absolute Gasteiger partial charge is 0.382 e. The number of hydrogen-bond acceptors (Lipinski definition) is 5. The van der Waals surface area contributed by atoms with E-state index in [9.17, 15) is 35.5 Å². The van der Waals surface area contributed by atoms with Crippen molar-refractivity contribution in [2.45, 2.75) is 35.3 Å². The molecule has 1 N–H and O–H groups in total. The molecule has 12 heteroatoms. The summed E-state index contributed by atoms with van der Waals surface area (Å²) in [6.07, 6.45) is -3.69. The molecule has 1 atom stereocenters. The van der Waals surface area contributed by atoms with Crippen molar-refractivity contribution in [2.75, 3.05) is 0 Å². The van der Waals surface area contributed by atoms with Gasteiger partial charge in [0.25, 0.3) is 15.8 Å². The quantitative estimate of drug-likeness (QED) is 0.736. The van der Waals surface area contributed by atoms with Gasteiger partial charge in [-0.2, -0.15) is 23.7 Å². The average Bonchev–Trinajstić information content (AvgIpc) is 3.04. The van der Waals surface area contributed by atoms with Crippen LogP contribution in [0.2, 0.25) is 0 Å². The van der Waals surface area contributed by atoms with E-state index < -0.39 is 50.7 Å². The molecule has 3 rings (SSSR count). The molecule has 1 aromatic heterocycles. The van der Waals surface area contributed by atoms with Crippen LogP contribution in [0.15, 0.2) is 29.3 Å². The molecule has 0 bridgehead atoms. The monoisotopic (exact) mass is 431 g/mol. The summed E-state index contributed by atoms with van der Waals surface area (Å²) in [5.74, 6) is -3.82. The molecule has 29 heavy (non-hydrogen) atoms. The van der Waals surface area contributed by atoms with Crippen LogP contribution >= 0.6 is 0 Å². The molecule has 0 spiro atoms. The predicted molar refractivity (Wildman–Crippen MR) is 86.7 cm³/mol. The fourth-order valence-electron chi connectivity index (χ4n) is 3.16. The van der Waals surface area contributed by atoms with Crippen molar-refractivity contribution in [3.05, 3.63) is 46.8 Å². The summed E-state index contributed by atoms with van der Waals surface area (Å²) < 4.78 is 92.0. The second-order valence-corrected chi connectivity index (χ2v) is 8.20. The maximum atomic E-state index is 14.0. The summed E-state index contributed by atoms with van der Waals surface area (Å²) >= 11 is 0. The molecule has 6 nitrogen and oxygen atoms in total. The number of benzene rings is 1. The Bertz CT molecular complexity index is 1190. The van der Waals surface area contributed by atoms with Crippen molar-refractivity contribution in [2.24, 2.45) is 0 Å². The Hall–Kier alpha value is -2.96. The van der Waals surface area contributed by atoms with Crippen LogP contribution in [0.25, 0.3) is 5.69 Å². The summed E-state index contributed by atoms with van der Waals surface area (Å²) in [5.41, 5.74) is -7.25. The van der Waals surface area contributed by atoms with Crippen LogP contribution in [-0.4, -0.2) is 29.5 Å². The van der Waals surface area contributed by atoms with E-state index in [1.165, 1.54) is 12.1 Å². The Balaban J connectivity index is 2.34. The Morgan fingerprint density at radius 1 is 1.17 bits per heavy atom. The van der Waals surface area contributed by atoms with E-state index in [0.717, 1.165) is 10.6 Å². The number of nitriles is 2. The lowest BCUT2D eigenvalue weighted by molar-refractivity contribution is -0.123. The first kappa shape index (κ1) is 20.8. The van der Waals surface area contributed by atoms with Gasteiger partial charge in [-0.15, -0.1) is 0 Å². The Morgan fingerprint density at radius 2 is 1.79 bits per heavy atom. The van der Waals surface area contributed by atoms with Crippen LogP contribution in [-0.2, 0) is 16.3 Å². The van der Waals surface area contributed by atoms with Gasteiger partial charge in [-0.1, -0.05) is 0 Å². The van der Waals surface area contributed by atoms with E-state index in [-0.39, 0.29) is 22.5 Å². The maximum absolute atomic E-state index is 14.0. The van der Waals surface area contributed by atoms with Gasteiger partial charge in [0.05, 0.1) is 11.1 Å². The van der Waals surface area contributed by atoms with E-state index in [1.807, 2.05) is 0 Å². The van der Waals surface area contributed by atoms with Crippen molar-refractivity contribution in [1.29, 1.82) is 10.5 Å². The summed E-state index contributed by atoms with van der Waals surface area (Å²) in [6, 6.07) is 6.98. The van der Waals surface area contributed by atoms with Gasteiger partial charge in [-0.25, -0.2) is 17.2 Å². The van der Waals surface area contributed by atoms with Gasteiger partial charge in [-0.3, -0.25) is 0 Å². The minimum Gasteiger partial charge on any atom is -0.382 e. The van der Waals surface area contributed by atoms with Crippen LogP contribution in [0, 0.1) is 22.7 Å². The molecule has 0 radical (unpaired) electrons. The third-order valence-corrected chi connectivity index (χ3v) is 6.11. The number of alkyl halides is 5. The zero-order valence-corrected chi connectivity index (χ0v) is 15.0. The lowest BCUT2D eigenvalue weighted by atomic mass is 9.91. The van der Waals surface area contributed by atoms with Crippen LogP contribution in [0.4, 0.5) is 22.0 Å². The predicted octanol–water partition coefficient (Wildman–Crippen LogP) is 3.13. The first-order chi connectivity index (χ1) is 13.3. The molecule has 0 saturated heterocycles. The normalized spacial score (nSPS) is 18.6. The third-order valence-electron chi connectivity index (χ3n) is 4.60. The van der Waals surface area contributed by atoms with Crippen molar-refractivity contribution in [1.82, 2.24) is 4.57 Å². The van der Waals surface area contributed by atoms with Crippen LogP contribution in [0.5, 0.6) is 0 Å². The van der Waals surface area contributed by atoms with Gasteiger partial charge in [-0.05, 0) is 24.6 Å². The third kappa shape index (κ3) is 3.14. The Morgan fingerprint density at radius 3 is 2.34 bits per heavy atom. The summed E-state index contributed by atoms with van der Waals surface area (Å²) in [5, 5.41) is 28.0. The Labute approximate surface area is 160 Å². The summed E-state index contributed by atoms with van der Waals surface area (Å²) in [7, 11) is -6.05. The molecular weight excluding hydrogens is 421 g/mol. The molecule has 1 unspecified atom stereocenters. The largest absolute Gasteiger partial charge is 0.501 e. The highest BCUT2D eigenvalue weighted by Gasteiger charge is 2.54. The van der Waals surface area contributed by atoms with E-state index >= 15 is 0 Å². The number of aliphatic hydroxyl groups excluding tert-OH is 1. The highest BCUT2D eigenvalue weighted by atomic mass is 32.2. The summed E-state index contributed by atoms with van der Waals surface area (Å²) in [4.78, 5) is -1.48. The average molecular weight is 431 g/mol. The molecule has 0 saturated carbocycles. The molecule has 152 valence electrons. The zero-order chi connectivity index (χ0) is 21.8. The van der Waals surface area contributed by atoms with Crippen molar-refractivity contribution >= 4 is 9.84 Å². The fourth-order valence-corrected chi connectivity index (χ4v) is 4.17. The second-order valence-electron chi connectivity index (χ2n) is 6.29. The van der Waals surface area contributed by atoms with E-state index in [2.05, 4.69) is 0 Å². The van der Waals surface area contributed by atoms with Gasteiger partial charge in [0.15, 0.2) is 0 Å². The molecule has 1 aromatic carbocycles. The fraction of sp³-hybridized carbons (Fsp3) is 0.294. The van der Waals surface area contributed by atoms with E-state index in [0.29, 0.717) is 6.20 Å². The molecule has 0 fully saturated rings. The van der Waals surface area contributed by atoms with Crippen LogP contribution < -0.4 is 0 Å². The minimum atomic E-state index is -6.05. The SMILES string of the molecule is N#Cc1ccc(-n2cc(S(=O)(=O)C(F)(F)F)c3c2CCC(F)(F)C3O)cc1C#N. The number of nitrogens with zero attached hydrogens (tertiary/aromatic N) is 3. The molecular formula is C17H10F5N3O3S. The summed E-state index contributed by atoms with van der Waals surface area (Å²) in [6.45, 7) is 0. The van der Waals surface area contributed by atoms with E-state index in [1.54, 1.807) is 12.1 Å². The van der Waals surface area contributed by atoms with E-state index in [4.69, 9.17) is 10.5 Å². The number of halogens is 5. The van der Waals surface area contributed by atoms with Crippen molar-refractivity contribution in [3.63, 3.8) is 0 Å². The van der Waals surface area contributed by atoms with Gasteiger partial charge in [0, 0.05) is 29.6 Å². The number of hydrogen-bond donors (Lipinski definition) is 1. The number of aliphatic hydroxyl groups is 1. The lowest BCUT2D eigenvalue weighted by Gasteiger charge is -2.29. The van der Waals surface area contributed by atoms with Gasteiger partial charge >= 0.3 is 5.51 Å². The topological polar surface area (TPSA) is 107 Å². The highest BCUT2D eigenvalue weighted by molar-refractivity contribution is 7.92. The van der Waals surface area contributed by atoms with Crippen molar-refractivity contribution < 1.29 is 35.5 Å². The highest BCUT2D eigenvalue weighted by Crippen LogP contribution is 2.47. The van der Waals surface area contributed by atoms with Gasteiger partial charge in [0.2, 0.25) is 0 Å². The van der Waals surface area contributed by atoms with Crippen LogP contribution in [0.3, 0.4) is 0 Å².